The van der Waals surface area contributed by atoms with Crippen molar-refractivity contribution in [3.05, 3.63) is 40.3 Å². The SMILES string of the molecule is Cn1ccc(C(=O)C(N)c2cccs2)n1. The fourth-order valence-corrected chi connectivity index (χ4v) is 2.03. The molecule has 2 rings (SSSR count). The molecule has 78 valence electrons. The number of aryl methyl sites for hydroxylation is 1. The molecule has 2 aromatic rings. The van der Waals surface area contributed by atoms with Crippen LogP contribution in [-0.4, -0.2) is 15.6 Å². The van der Waals surface area contributed by atoms with E-state index >= 15 is 0 Å². The van der Waals surface area contributed by atoms with Gasteiger partial charge in [0.2, 0.25) is 5.78 Å². The first-order valence-corrected chi connectivity index (χ1v) is 5.39. The van der Waals surface area contributed by atoms with Crippen LogP contribution in [0.1, 0.15) is 21.4 Å². The normalized spacial score (nSPS) is 12.7. The summed E-state index contributed by atoms with van der Waals surface area (Å²) < 4.78 is 1.59. The number of Topliss-reactive ketones (excluding diaryl/α,β-unsaturated/α-hetero) is 1. The Morgan fingerprint density at radius 3 is 2.93 bits per heavy atom. The minimum absolute atomic E-state index is 0.141. The molecule has 2 N–H and O–H groups in total. The molecule has 0 saturated carbocycles. The number of carbonyl (C=O) groups excluding carboxylic acids is 1. The van der Waals surface area contributed by atoms with Crippen LogP contribution in [-0.2, 0) is 7.05 Å². The highest BCUT2D eigenvalue weighted by atomic mass is 32.1. The molecule has 2 aromatic heterocycles. The summed E-state index contributed by atoms with van der Waals surface area (Å²) in [6.07, 6.45) is 1.73. The first-order valence-electron chi connectivity index (χ1n) is 4.51. The van der Waals surface area contributed by atoms with Crippen molar-refractivity contribution in [2.75, 3.05) is 0 Å². The minimum Gasteiger partial charge on any atom is -0.317 e. The van der Waals surface area contributed by atoms with Gasteiger partial charge in [-0.2, -0.15) is 5.10 Å². The van der Waals surface area contributed by atoms with Crippen LogP contribution in [0.2, 0.25) is 0 Å². The number of hydrogen-bond donors (Lipinski definition) is 1. The molecule has 0 saturated heterocycles. The zero-order valence-electron chi connectivity index (χ0n) is 8.25. The average molecular weight is 221 g/mol. The molecule has 0 spiro atoms. The topological polar surface area (TPSA) is 60.9 Å². The van der Waals surface area contributed by atoms with Gasteiger partial charge in [-0.05, 0) is 17.5 Å². The zero-order valence-corrected chi connectivity index (χ0v) is 9.07. The molecular weight excluding hydrogens is 210 g/mol. The second kappa shape index (κ2) is 3.96. The van der Waals surface area contributed by atoms with Crippen LogP contribution in [0, 0.1) is 0 Å². The number of thiophene rings is 1. The van der Waals surface area contributed by atoms with E-state index in [0.717, 1.165) is 4.88 Å². The Bertz CT molecular complexity index is 461. The van der Waals surface area contributed by atoms with E-state index in [2.05, 4.69) is 5.10 Å². The number of aromatic nitrogens is 2. The highest BCUT2D eigenvalue weighted by Gasteiger charge is 2.20. The van der Waals surface area contributed by atoms with Gasteiger partial charge in [0, 0.05) is 18.1 Å². The van der Waals surface area contributed by atoms with E-state index in [1.165, 1.54) is 11.3 Å². The van der Waals surface area contributed by atoms with Gasteiger partial charge in [0.05, 0.1) is 0 Å². The van der Waals surface area contributed by atoms with Crippen molar-refractivity contribution in [1.82, 2.24) is 9.78 Å². The Hall–Kier alpha value is -1.46. The zero-order chi connectivity index (χ0) is 10.8. The number of nitrogens with two attached hydrogens (primary N) is 1. The van der Waals surface area contributed by atoms with Crippen LogP contribution in [0.15, 0.2) is 29.8 Å². The molecule has 5 heteroatoms. The van der Waals surface area contributed by atoms with E-state index in [4.69, 9.17) is 5.73 Å². The largest absolute Gasteiger partial charge is 0.317 e. The maximum absolute atomic E-state index is 11.9. The van der Waals surface area contributed by atoms with E-state index in [9.17, 15) is 4.79 Å². The molecule has 4 nitrogen and oxygen atoms in total. The molecule has 0 aliphatic heterocycles. The predicted molar refractivity (Wildman–Crippen MR) is 58.8 cm³/mol. The summed E-state index contributed by atoms with van der Waals surface area (Å²) in [5.74, 6) is -0.141. The number of hydrogen-bond acceptors (Lipinski definition) is 4. The van der Waals surface area contributed by atoms with Gasteiger partial charge in [-0.1, -0.05) is 6.07 Å². The molecular formula is C10H11N3OS. The van der Waals surface area contributed by atoms with Gasteiger partial charge in [0.15, 0.2) is 0 Å². The molecule has 0 aliphatic carbocycles. The van der Waals surface area contributed by atoms with Crippen molar-refractivity contribution in [2.24, 2.45) is 12.8 Å². The van der Waals surface area contributed by atoms with Gasteiger partial charge in [-0.25, -0.2) is 0 Å². The fraction of sp³-hybridized carbons (Fsp3) is 0.200. The summed E-state index contributed by atoms with van der Waals surface area (Å²) in [5, 5.41) is 5.94. The van der Waals surface area contributed by atoms with E-state index in [1.807, 2.05) is 17.5 Å². The third kappa shape index (κ3) is 1.98. The number of carbonyl (C=O) groups is 1. The molecule has 0 fully saturated rings. The molecule has 0 aromatic carbocycles. The van der Waals surface area contributed by atoms with Gasteiger partial charge in [0.1, 0.15) is 11.7 Å². The van der Waals surface area contributed by atoms with Crippen LogP contribution in [0.25, 0.3) is 0 Å². The molecule has 15 heavy (non-hydrogen) atoms. The van der Waals surface area contributed by atoms with E-state index in [0.29, 0.717) is 5.69 Å². The molecule has 0 bridgehead atoms. The second-order valence-corrected chi connectivity index (χ2v) is 4.21. The Labute approximate surface area is 91.3 Å². The van der Waals surface area contributed by atoms with E-state index in [1.54, 1.807) is 24.0 Å². The molecule has 0 aliphatic rings. The molecule has 0 radical (unpaired) electrons. The van der Waals surface area contributed by atoms with Crippen LogP contribution in [0.5, 0.6) is 0 Å². The lowest BCUT2D eigenvalue weighted by Gasteiger charge is -2.05. The van der Waals surface area contributed by atoms with E-state index < -0.39 is 6.04 Å². The van der Waals surface area contributed by atoms with Gasteiger partial charge in [-0.15, -0.1) is 11.3 Å². The van der Waals surface area contributed by atoms with Crippen molar-refractivity contribution in [1.29, 1.82) is 0 Å². The third-order valence-corrected chi connectivity index (χ3v) is 3.05. The summed E-state index contributed by atoms with van der Waals surface area (Å²) in [4.78, 5) is 12.7. The smallest absolute Gasteiger partial charge is 0.205 e. The van der Waals surface area contributed by atoms with Crippen LogP contribution < -0.4 is 5.73 Å². The Kier molecular flexibility index (Phi) is 2.66. The van der Waals surface area contributed by atoms with E-state index in [-0.39, 0.29) is 5.78 Å². The Balaban J connectivity index is 2.22. The lowest BCUT2D eigenvalue weighted by Crippen LogP contribution is -2.21. The standard InChI is InChI=1S/C10H11N3OS/c1-13-5-4-7(12-13)10(14)9(11)8-3-2-6-15-8/h2-6,9H,11H2,1H3. The maximum Gasteiger partial charge on any atom is 0.205 e. The van der Waals surface area contributed by atoms with Gasteiger partial charge >= 0.3 is 0 Å². The summed E-state index contributed by atoms with van der Waals surface area (Å²) in [5.41, 5.74) is 6.25. The van der Waals surface area contributed by atoms with Gasteiger partial charge in [0.25, 0.3) is 0 Å². The molecule has 1 atom stereocenters. The first-order chi connectivity index (χ1) is 7.18. The summed E-state index contributed by atoms with van der Waals surface area (Å²) >= 11 is 1.48. The number of rotatable bonds is 3. The second-order valence-electron chi connectivity index (χ2n) is 3.23. The van der Waals surface area contributed by atoms with Crippen molar-refractivity contribution in [2.45, 2.75) is 6.04 Å². The Morgan fingerprint density at radius 1 is 1.60 bits per heavy atom. The van der Waals surface area contributed by atoms with Gasteiger partial charge in [-0.3, -0.25) is 9.48 Å². The van der Waals surface area contributed by atoms with Crippen LogP contribution >= 0.6 is 11.3 Å². The monoisotopic (exact) mass is 221 g/mol. The molecule has 1 unspecified atom stereocenters. The lowest BCUT2D eigenvalue weighted by atomic mass is 10.1. The third-order valence-electron chi connectivity index (χ3n) is 2.10. The van der Waals surface area contributed by atoms with Crippen LogP contribution in [0.4, 0.5) is 0 Å². The highest BCUT2D eigenvalue weighted by molar-refractivity contribution is 7.10. The highest BCUT2D eigenvalue weighted by Crippen LogP contribution is 2.19. The molecule has 0 amide bonds. The number of ketones is 1. The molecule has 2 heterocycles. The average Bonchev–Trinajstić information content (AvgIpc) is 2.85. The quantitative estimate of drug-likeness (QED) is 0.796. The summed E-state index contributed by atoms with van der Waals surface area (Å²) in [7, 11) is 1.77. The van der Waals surface area contributed by atoms with Crippen molar-refractivity contribution < 1.29 is 4.79 Å². The van der Waals surface area contributed by atoms with Crippen molar-refractivity contribution in [3.8, 4) is 0 Å². The number of nitrogens with zero attached hydrogens (tertiary/aromatic N) is 2. The van der Waals surface area contributed by atoms with Gasteiger partial charge < -0.3 is 5.73 Å². The first kappa shape index (κ1) is 10.1. The van der Waals surface area contributed by atoms with Crippen LogP contribution in [0.3, 0.4) is 0 Å². The Morgan fingerprint density at radius 2 is 2.40 bits per heavy atom. The minimum atomic E-state index is -0.597. The predicted octanol–water partition coefficient (Wildman–Crippen LogP) is 1.36. The summed E-state index contributed by atoms with van der Waals surface area (Å²) in [6, 6.07) is 4.82. The van der Waals surface area contributed by atoms with Crippen molar-refractivity contribution in [3.63, 3.8) is 0 Å². The summed E-state index contributed by atoms with van der Waals surface area (Å²) in [6.45, 7) is 0. The van der Waals surface area contributed by atoms with Crippen molar-refractivity contribution >= 4 is 17.1 Å². The lowest BCUT2D eigenvalue weighted by molar-refractivity contribution is 0.0957. The fourth-order valence-electron chi connectivity index (χ4n) is 1.30. The maximum atomic E-state index is 11.9.